The smallest absolute Gasteiger partial charge is 0.269 e. The lowest BCUT2D eigenvalue weighted by atomic mass is 9.64. The van der Waals surface area contributed by atoms with Crippen molar-refractivity contribution in [2.45, 2.75) is 37.7 Å². The summed E-state index contributed by atoms with van der Waals surface area (Å²) >= 11 is 4.75. The molecule has 2 fully saturated rings. The first-order valence-corrected chi connectivity index (χ1v) is 12.0. The number of fused-ring (bicyclic) bond motifs is 2. The summed E-state index contributed by atoms with van der Waals surface area (Å²) in [7, 11) is 0. The van der Waals surface area contributed by atoms with Crippen LogP contribution in [0, 0.1) is 11.8 Å². The van der Waals surface area contributed by atoms with Crippen molar-refractivity contribution in [3.05, 3.63) is 95.3 Å². The van der Waals surface area contributed by atoms with E-state index in [2.05, 4.69) is 52.2 Å². The Morgan fingerprint density at radius 2 is 1.76 bits per heavy atom. The molecule has 6 nitrogen and oxygen atoms in total. The monoisotopic (exact) mass is 472 g/mol. The number of nitrogens with two attached hydrogens (primary N) is 1. The van der Waals surface area contributed by atoms with Gasteiger partial charge in [-0.1, -0.05) is 36.8 Å². The highest BCUT2D eigenvalue weighted by Gasteiger charge is 2.52. The van der Waals surface area contributed by atoms with Gasteiger partial charge in [-0.3, -0.25) is 20.6 Å². The zero-order chi connectivity index (χ0) is 23.5. The van der Waals surface area contributed by atoms with Gasteiger partial charge in [-0.2, -0.15) is 0 Å². The van der Waals surface area contributed by atoms with Crippen LogP contribution in [0.2, 0.25) is 0 Å². The predicted octanol–water partition coefficient (Wildman–Crippen LogP) is 4.24. The van der Waals surface area contributed by atoms with Crippen LogP contribution in [0.1, 0.15) is 52.9 Å². The first-order valence-electron chi connectivity index (χ1n) is 11.6. The number of hydrogen-bond donors (Lipinski definition) is 3. The molecule has 3 unspecified atom stereocenters. The number of hydrogen-bond acceptors (Lipinski definition) is 4. The summed E-state index contributed by atoms with van der Waals surface area (Å²) in [4.78, 5) is 16.7. The number of benzene rings is 2. The minimum Gasteiger partial charge on any atom is -0.487 e. The molecule has 5 rings (SSSR count). The van der Waals surface area contributed by atoms with E-state index in [-0.39, 0.29) is 16.4 Å². The second-order valence-corrected chi connectivity index (χ2v) is 9.65. The van der Waals surface area contributed by atoms with Crippen molar-refractivity contribution >= 4 is 23.2 Å². The van der Waals surface area contributed by atoms with Gasteiger partial charge >= 0.3 is 0 Å². The third-order valence-corrected chi connectivity index (χ3v) is 7.39. The lowest BCUT2D eigenvalue weighted by Crippen LogP contribution is -2.44. The second kappa shape index (κ2) is 9.43. The van der Waals surface area contributed by atoms with Gasteiger partial charge in [0.05, 0.1) is 5.69 Å². The van der Waals surface area contributed by atoms with Crippen LogP contribution in [0.15, 0.2) is 72.9 Å². The normalized spacial score (nSPS) is 22.8. The predicted molar refractivity (Wildman–Crippen MR) is 135 cm³/mol. The third kappa shape index (κ3) is 4.35. The summed E-state index contributed by atoms with van der Waals surface area (Å²) in [5.74, 6) is 1.93. The van der Waals surface area contributed by atoms with E-state index < -0.39 is 0 Å². The number of carbonyl (C=O) groups is 1. The highest BCUT2D eigenvalue weighted by atomic mass is 32.1. The zero-order valence-electron chi connectivity index (χ0n) is 18.9. The number of pyridine rings is 1. The largest absolute Gasteiger partial charge is 0.487 e. The Balaban J connectivity index is 1.38. The van der Waals surface area contributed by atoms with Crippen molar-refractivity contribution < 1.29 is 9.53 Å². The van der Waals surface area contributed by atoms with Gasteiger partial charge in [0, 0.05) is 17.2 Å². The standard InChI is InChI=1S/C27H28N4O2S/c28-26(34)31-30-25(32)19-5-8-20(9-6-19)27(16-18-4-7-22(27)15-18)21-10-12-24(13-11-21)33-17-23-3-1-2-14-29-23/h1-3,5-6,8-14,18,22H,4,7,15-17H2,(H,30,32)(H3,28,31,34). The van der Waals surface area contributed by atoms with Gasteiger partial charge in [-0.05, 0) is 90.8 Å². The van der Waals surface area contributed by atoms with Crippen LogP contribution >= 0.6 is 12.2 Å². The molecular formula is C27H28N4O2S. The number of nitrogens with zero attached hydrogens (tertiary/aromatic N) is 1. The first-order chi connectivity index (χ1) is 16.5. The summed E-state index contributed by atoms with van der Waals surface area (Å²) in [6, 6.07) is 22.3. The van der Waals surface area contributed by atoms with Gasteiger partial charge < -0.3 is 10.5 Å². The summed E-state index contributed by atoms with van der Waals surface area (Å²) in [5.41, 5.74) is 14.4. The minimum atomic E-state index is -0.268. The van der Waals surface area contributed by atoms with Crippen LogP contribution in [0.4, 0.5) is 0 Å². The van der Waals surface area contributed by atoms with Crippen molar-refractivity contribution in [2.24, 2.45) is 17.6 Å². The van der Waals surface area contributed by atoms with E-state index >= 15 is 0 Å². The Kier molecular flexibility index (Phi) is 6.20. The van der Waals surface area contributed by atoms with Crippen molar-refractivity contribution in [3.63, 3.8) is 0 Å². The van der Waals surface area contributed by atoms with Gasteiger partial charge in [-0.15, -0.1) is 0 Å². The lowest BCUT2D eigenvalue weighted by molar-refractivity contribution is 0.0944. The SMILES string of the molecule is NC(=S)NNC(=O)c1ccc(C2(c3ccc(OCc4ccccn4)cc3)CC3CCC2C3)cc1. The fourth-order valence-electron chi connectivity index (χ4n) is 5.80. The van der Waals surface area contributed by atoms with Crippen LogP contribution in [0.3, 0.4) is 0 Å². The highest BCUT2D eigenvalue weighted by molar-refractivity contribution is 7.80. The van der Waals surface area contributed by atoms with E-state index in [1.54, 1.807) is 6.20 Å². The number of amides is 1. The summed E-state index contributed by atoms with van der Waals surface area (Å²) < 4.78 is 5.96. The molecule has 1 heterocycles. The molecule has 1 amide bonds. The van der Waals surface area contributed by atoms with Gasteiger partial charge in [0.2, 0.25) is 0 Å². The molecular weight excluding hydrogens is 444 g/mol. The van der Waals surface area contributed by atoms with Crippen molar-refractivity contribution in [2.75, 3.05) is 0 Å². The minimum absolute atomic E-state index is 0.0263. The molecule has 7 heteroatoms. The fourth-order valence-corrected chi connectivity index (χ4v) is 5.85. The molecule has 2 aromatic carbocycles. The van der Waals surface area contributed by atoms with Crippen molar-refractivity contribution in [1.29, 1.82) is 0 Å². The maximum absolute atomic E-state index is 12.4. The number of rotatable bonds is 6. The van der Waals surface area contributed by atoms with E-state index in [4.69, 9.17) is 22.7 Å². The van der Waals surface area contributed by atoms with Crippen LogP contribution in [0.25, 0.3) is 0 Å². The summed E-state index contributed by atoms with van der Waals surface area (Å²) in [6.07, 6.45) is 6.73. The average Bonchev–Trinajstić information content (AvgIpc) is 3.49. The second-order valence-electron chi connectivity index (χ2n) is 9.21. The maximum atomic E-state index is 12.4. The maximum Gasteiger partial charge on any atom is 0.269 e. The fraction of sp³-hybridized carbons (Fsp3) is 0.296. The van der Waals surface area contributed by atoms with Crippen LogP contribution in [-0.4, -0.2) is 16.0 Å². The Morgan fingerprint density at radius 3 is 2.35 bits per heavy atom. The average molecular weight is 473 g/mol. The Bertz CT molecular complexity index is 1170. The lowest BCUT2D eigenvalue weighted by Gasteiger charge is -2.39. The number of nitrogens with one attached hydrogen (secondary N) is 2. The zero-order valence-corrected chi connectivity index (χ0v) is 19.7. The molecule has 34 heavy (non-hydrogen) atoms. The van der Waals surface area contributed by atoms with Gasteiger partial charge in [0.15, 0.2) is 5.11 Å². The van der Waals surface area contributed by atoms with E-state index in [1.165, 1.54) is 30.4 Å². The molecule has 0 radical (unpaired) electrons. The number of hydrazine groups is 1. The molecule has 2 aliphatic rings. The van der Waals surface area contributed by atoms with Crippen LogP contribution in [0.5, 0.6) is 5.75 Å². The van der Waals surface area contributed by atoms with Crippen LogP contribution < -0.4 is 21.3 Å². The molecule has 3 atom stereocenters. The van der Waals surface area contributed by atoms with Crippen molar-refractivity contribution in [1.82, 2.24) is 15.8 Å². The topological polar surface area (TPSA) is 89.3 Å². The summed E-state index contributed by atoms with van der Waals surface area (Å²) in [6.45, 7) is 0.448. The Labute approximate surface area is 204 Å². The van der Waals surface area contributed by atoms with Gasteiger partial charge in [-0.25, -0.2) is 0 Å². The molecule has 2 saturated carbocycles. The molecule has 2 bridgehead atoms. The molecule has 174 valence electrons. The van der Waals surface area contributed by atoms with Gasteiger partial charge in [0.25, 0.3) is 5.91 Å². The van der Waals surface area contributed by atoms with E-state index in [0.29, 0.717) is 18.1 Å². The quantitative estimate of drug-likeness (QED) is 0.367. The molecule has 0 spiro atoms. The molecule has 1 aromatic heterocycles. The Morgan fingerprint density at radius 1 is 1.03 bits per heavy atom. The molecule has 0 saturated heterocycles. The molecule has 0 aliphatic heterocycles. The third-order valence-electron chi connectivity index (χ3n) is 7.29. The highest BCUT2D eigenvalue weighted by Crippen LogP contribution is 2.60. The van der Waals surface area contributed by atoms with Crippen LogP contribution in [-0.2, 0) is 12.0 Å². The van der Waals surface area contributed by atoms with E-state index in [0.717, 1.165) is 23.8 Å². The molecule has 4 N–H and O–H groups in total. The number of ether oxygens (including phenoxy) is 1. The first kappa shape index (κ1) is 22.3. The van der Waals surface area contributed by atoms with Crippen molar-refractivity contribution in [3.8, 4) is 5.75 Å². The number of aromatic nitrogens is 1. The van der Waals surface area contributed by atoms with Gasteiger partial charge in [0.1, 0.15) is 12.4 Å². The number of carbonyl (C=O) groups excluding carboxylic acids is 1. The van der Waals surface area contributed by atoms with E-state index in [9.17, 15) is 4.79 Å². The summed E-state index contributed by atoms with van der Waals surface area (Å²) in [5, 5.41) is 0.0263. The molecule has 3 aromatic rings. The Hall–Kier alpha value is -3.45. The molecule has 2 aliphatic carbocycles. The van der Waals surface area contributed by atoms with E-state index in [1.807, 2.05) is 30.3 Å². The number of thiocarbonyl (C=S) groups is 1.